The van der Waals surface area contributed by atoms with Crippen LogP contribution in [0.1, 0.15) is 31.4 Å². The number of aromatic nitrogens is 1. The van der Waals surface area contributed by atoms with Crippen molar-refractivity contribution in [3.63, 3.8) is 0 Å². The van der Waals surface area contributed by atoms with Crippen molar-refractivity contribution in [1.82, 2.24) is 4.98 Å². The highest BCUT2D eigenvalue weighted by atomic mass is 19.3. The average molecular weight is 284 g/mol. The van der Waals surface area contributed by atoms with Crippen LogP contribution in [0.25, 0.3) is 0 Å². The van der Waals surface area contributed by atoms with Crippen LogP contribution in [0.15, 0.2) is 18.3 Å². The molecule has 0 spiro atoms. The van der Waals surface area contributed by atoms with Crippen LogP contribution in [0.5, 0.6) is 0 Å². The maximum atomic E-state index is 13.3. The van der Waals surface area contributed by atoms with Crippen LogP contribution in [0.2, 0.25) is 0 Å². The first-order valence-corrected chi connectivity index (χ1v) is 6.75. The third-order valence-corrected chi connectivity index (χ3v) is 3.46. The van der Waals surface area contributed by atoms with Gasteiger partial charge in [-0.3, -0.25) is 9.78 Å². The Bertz CT molecular complexity index is 480. The third kappa shape index (κ3) is 3.96. The van der Waals surface area contributed by atoms with Gasteiger partial charge in [0.05, 0.1) is 0 Å². The molecule has 4 nitrogen and oxygen atoms in total. The molecule has 0 aromatic carbocycles. The summed E-state index contributed by atoms with van der Waals surface area (Å²) in [6.45, 7) is -0.0285. The molecule has 6 heteroatoms. The van der Waals surface area contributed by atoms with Gasteiger partial charge < -0.3 is 10.4 Å². The van der Waals surface area contributed by atoms with E-state index in [1.165, 1.54) is 6.20 Å². The van der Waals surface area contributed by atoms with Gasteiger partial charge in [0, 0.05) is 49.4 Å². The Kier molecular flexibility index (Phi) is 4.65. The second-order valence-corrected chi connectivity index (χ2v) is 5.15. The number of hydrogen-bond donors (Lipinski definition) is 2. The van der Waals surface area contributed by atoms with E-state index < -0.39 is 11.8 Å². The van der Waals surface area contributed by atoms with E-state index in [1.807, 2.05) is 0 Å². The molecule has 0 bridgehead atoms. The van der Waals surface area contributed by atoms with Crippen molar-refractivity contribution >= 4 is 11.6 Å². The van der Waals surface area contributed by atoms with Gasteiger partial charge in [-0.25, -0.2) is 8.78 Å². The van der Waals surface area contributed by atoms with E-state index in [0.717, 1.165) is 0 Å². The van der Waals surface area contributed by atoms with Crippen molar-refractivity contribution < 1.29 is 18.7 Å². The smallest absolute Gasteiger partial charge is 0.248 e. The fraction of sp³-hybridized carbons (Fsp3) is 0.571. The second kappa shape index (κ2) is 6.26. The number of aliphatic hydroxyl groups is 1. The Labute approximate surface area is 116 Å². The molecule has 1 aliphatic carbocycles. The molecule has 1 fully saturated rings. The van der Waals surface area contributed by atoms with Gasteiger partial charge in [-0.1, -0.05) is 0 Å². The predicted octanol–water partition coefficient (Wildman–Crippen LogP) is 2.38. The number of amides is 1. The molecule has 1 atom stereocenters. The fourth-order valence-corrected chi connectivity index (χ4v) is 2.45. The number of aliphatic hydroxyl groups excluding tert-OH is 1. The second-order valence-electron chi connectivity index (χ2n) is 5.15. The van der Waals surface area contributed by atoms with Crippen molar-refractivity contribution in [1.29, 1.82) is 0 Å². The Morgan fingerprint density at radius 2 is 2.35 bits per heavy atom. The SMILES string of the molecule is O=C(Nc1ccnc(CCO)c1)C1CCCC(F)(F)C1. The van der Waals surface area contributed by atoms with E-state index in [-0.39, 0.29) is 25.4 Å². The van der Waals surface area contributed by atoms with E-state index >= 15 is 0 Å². The minimum atomic E-state index is -2.74. The zero-order chi connectivity index (χ0) is 14.6. The lowest BCUT2D eigenvalue weighted by Gasteiger charge is -2.28. The number of hydrogen-bond acceptors (Lipinski definition) is 3. The van der Waals surface area contributed by atoms with Crippen LogP contribution < -0.4 is 5.32 Å². The molecule has 1 aromatic heterocycles. The Morgan fingerprint density at radius 1 is 1.55 bits per heavy atom. The lowest BCUT2D eigenvalue weighted by molar-refractivity contribution is -0.127. The van der Waals surface area contributed by atoms with Crippen LogP contribution in [-0.4, -0.2) is 28.5 Å². The average Bonchev–Trinajstić information content (AvgIpc) is 2.38. The van der Waals surface area contributed by atoms with Gasteiger partial charge in [0.2, 0.25) is 11.8 Å². The molecule has 2 rings (SSSR count). The van der Waals surface area contributed by atoms with Crippen LogP contribution >= 0.6 is 0 Å². The molecule has 110 valence electrons. The first-order valence-electron chi connectivity index (χ1n) is 6.75. The molecule has 1 saturated carbocycles. The van der Waals surface area contributed by atoms with E-state index in [4.69, 9.17) is 5.11 Å². The summed E-state index contributed by atoms with van der Waals surface area (Å²) in [6, 6.07) is 3.26. The molecule has 1 unspecified atom stereocenters. The van der Waals surface area contributed by atoms with Gasteiger partial charge in [-0.15, -0.1) is 0 Å². The first kappa shape index (κ1) is 14.8. The summed E-state index contributed by atoms with van der Waals surface area (Å²) in [6.07, 6.45) is 2.27. The number of nitrogens with zero attached hydrogens (tertiary/aromatic N) is 1. The van der Waals surface area contributed by atoms with E-state index in [0.29, 0.717) is 30.6 Å². The maximum absolute atomic E-state index is 13.3. The van der Waals surface area contributed by atoms with Crippen LogP contribution in [0.4, 0.5) is 14.5 Å². The normalized spacial score (nSPS) is 21.4. The summed E-state index contributed by atoms with van der Waals surface area (Å²) in [5.74, 6) is -3.75. The number of carbonyl (C=O) groups is 1. The Morgan fingerprint density at radius 3 is 3.05 bits per heavy atom. The van der Waals surface area contributed by atoms with Gasteiger partial charge in [0.25, 0.3) is 0 Å². The fourth-order valence-electron chi connectivity index (χ4n) is 2.45. The topological polar surface area (TPSA) is 62.2 Å². The first-order chi connectivity index (χ1) is 9.50. The summed E-state index contributed by atoms with van der Waals surface area (Å²) in [5.41, 5.74) is 1.18. The number of halogens is 2. The van der Waals surface area contributed by atoms with E-state index in [2.05, 4.69) is 10.3 Å². The summed E-state index contributed by atoms with van der Waals surface area (Å²) >= 11 is 0. The number of rotatable bonds is 4. The molecule has 1 aliphatic rings. The van der Waals surface area contributed by atoms with Crippen LogP contribution in [0.3, 0.4) is 0 Å². The van der Waals surface area contributed by atoms with Crippen molar-refractivity contribution in [3.8, 4) is 0 Å². The summed E-state index contributed by atoms with van der Waals surface area (Å²) in [5, 5.41) is 11.5. The monoisotopic (exact) mass is 284 g/mol. The number of nitrogens with one attached hydrogen (secondary N) is 1. The number of carbonyl (C=O) groups excluding carboxylic acids is 1. The van der Waals surface area contributed by atoms with E-state index in [9.17, 15) is 13.6 Å². The molecule has 1 heterocycles. The largest absolute Gasteiger partial charge is 0.396 e. The van der Waals surface area contributed by atoms with Gasteiger partial charge in [-0.05, 0) is 25.0 Å². The highest BCUT2D eigenvalue weighted by Crippen LogP contribution is 2.37. The zero-order valence-corrected chi connectivity index (χ0v) is 11.1. The summed E-state index contributed by atoms with van der Waals surface area (Å²) in [7, 11) is 0. The maximum Gasteiger partial charge on any atom is 0.248 e. The molecular weight excluding hydrogens is 266 g/mol. The van der Waals surface area contributed by atoms with Crippen molar-refractivity contribution in [2.75, 3.05) is 11.9 Å². The molecule has 1 aromatic rings. The molecule has 0 saturated heterocycles. The third-order valence-electron chi connectivity index (χ3n) is 3.46. The lowest BCUT2D eigenvalue weighted by atomic mass is 9.86. The number of alkyl halides is 2. The minimum Gasteiger partial charge on any atom is -0.396 e. The van der Waals surface area contributed by atoms with Crippen molar-refractivity contribution in [3.05, 3.63) is 24.0 Å². The summed E-state index contributed by atoms with van der Waals surface area (Å²) in [4.78, 5) is 16.1. The van der Waals surface area contributed by atoms with Crippen LogP contribution in [-0.2, 0) is 11.2 Å². The highest BCUT2D eigenvalue weighted by molar-refractivity contribution is 5.92. The summed E-state index contributed by atoms with van der Waals surface area (Å²) < 4.78 is 26.6. The van der Waals surface area contributed by atoms with Gasteiger partial charge in [-0.2, -0.15) is 0 Å². The number of anilines is 1. The highest BCUT2D eigenvalue weighted by Gasteiger charge is 2.39. The molecule has 1 amide bonds. The lowest BCUT2D eigenvalue weighted by Crippen LogP contribution is -2.33. The van der Waals surface area contributed by atoms with Gasteiger partial charge in [0.15, 0.2) is 0 Å². The van der Waals surface area contributed by atoms with Crippen LogP contribution in [0, 0.1) is 5.92 Å². The molecule has 2 N–H and O–H groups in total. The quantitative estimate of drug-likeness (QED) is 0.892. The predicted molar refractivity (Wildman–Crippen MR) is 70.6 cm³/mol. The molecular formula is C14H18F2N2O2. The van der Waals surface area contributed by atoms with Crippen molar-refractivity contribution in [2.45, 2.75) is 38.0 Å². The zero-order valence-electron chi connectivity index (χ0n) is 11.1. The molecule has 0 radical (unpaired) electrons. The Hall–Kier alpha value is -1.56. The number of pyridine rings is 1. The minimum absolute atomic E-state index is 0.0285. The van der Waals surface area contributed by atoms with Gasteiger partial charge in [0.1, 0.15) is 0 Å². The van der Waals surface area contributed by atoms with E-state index in [1.54, 1.807) is 12.1 Å². The molecule has 0 aliphatic heterocycles. The standard InChI is InChI=1S/C14H18F2N2O2/c15-14(16)5-1-2-10(9-14)13(20)18-12-3-6-17-11(8-12)4-7-19/h3,6,8,10,19H,1-2,4-5,7,9H2,(H,17,18,20). The Balaban J connectivity index is 1.98. The molecule has 20 heavy (non-hydrogen) atoms. The van der Waals surface area contributed by atoms with Gasteiger partial charge >= 0.3 is 0 Å². The van der Waals surface area contributed by atoms with Crippen molar-refractivity contribution in [2.24, 2.45) is 5.92 Å².